The molecule has 2 heterocycles. The van der Waals surface area contributed by atoms with E-state index in [4.69, 9.17) is 19.5 Å². The number of carbonyl (C=O) groups is 1. The number of para-hydroxylation sites is 1. The molecule has 11 nitrogen and oxygen atoms in total. The second-order valence-corrected chi connectivity index (χ2v) is 11.6. The monoisotopic (exact) mass is 544 g/mol. The number of rotatable bonds is 11. The summed E-state index contributed by atoms with van der Waals surface area (Å²) in [4.78, 5) is 28.1. The van der Waals surface area contributed by atoms with Crippen LogP contribution < -0.4 is 21.0 Å². The smallest absolute Gasteiger partial charge is 0.459 e. The van der Waals surface area contributed by atoms with Crippen molar-refractivity contribution < 1.29 is 32.6 Å². The molecule has 14 heteroatoms. The van der Waals surface area contributed by atoms with Crippen LogP contribution in [0.1, 0.15) is 25.6 Å². The number of methoxy groups -OCH3 is 1. The van der Waals surface area contributed by atoms with Crippen LogP contribution in [-0.2, 0) is 18.6 Å². The van der Waals surface area contributed by atoms with Crippen LogP contribution in [0.4, 0.5) is 10.2 Å². The van der Waals surface area contributed by atoms with Crippen LogP contribution >= 0.6 is 19.5 Å². The number of aliphatic hydroxyl groups is 1. The molecule has 2 aromatic rings. The quantitative estimate of drug-likeness (QED) is 0.282. The number of hydrogen-bond donors (Lipinski definition) is 3. The molecule has 36 heavy (non-hydrogen) atoms. The molecular weight excluding hydrogens is 514 g/mol. The maximum Gasteiger partial charge on any atom is 0.459 e. The van der Waals surface area contributed by atoms with Crippen molar-refractivity contribution in [3.63, 3.8) is 0 Å². The van der Waals surface area contributed by atoms with Gasteiger partial charge in [-0.2, -0.15) is 10.1 Å². The minimum Gasteiger partial charge on any atom is -0.468 e. The Hall–Kier alpha value is -2.44. The third-order valence-electron chi connectivity index (χ3n) is 5.30. The summed E-state index contributed by atoms with van der Waals surface area (Å²) >= 11 is 0.923. The number of benzene rings is 1. The van der Waals surface area contributed by atoms with Gasteiger partial charge in [-0.1, -0.05) is 32.0 Å². The SMILES string of the molecule is COC(=O)C(CC(C)C)NP(=O)(OC[C@H]1S[C@@H](n2ccc(N)nc2=O)[C@@H](F)[C@@H]1O)Oc1ccccc1. The summed E-state index contributed by atoms with van der Waals surface area (Å²) in [7, 11) is -3.01. The standard InChI is InChI=1S/C22H30FN4O7PS/c1-13(2)11-15(21(29)32-3)26-35(31,34-14-7-5-4-6-8-14)33-12-16-19(28)18(23)20(36-16)27-10-9-17(24)25-22(27)30/h4-10,13,15-16,18-20,28H,11-12H2,1-3H3,(H,26,31)(H2,24,25,30)/t15?,16-,18+,19-,20-,35?/m1/s1. The molecule has 1 aromatic heterocycles. The van der Waals surface area contributed by atoms with Gasteiger partial charge in [0.1, 0.15) is 29.1 Å². The number of nitrogens with two attached hydrogens (primary N) is 1. The third kappa shape index (κ3) is 7.07. The first-order valence-corrected chi connectivity index (χ1v) is 13.7. The predicted molar refractivity (Wildman–Crippen MR) is 133 cm³/mol. The number of aromatic nitrogens is 2. The fourth-order valence-corrected chi connectivity index (χ4v) is 6.62. The molecule has 1 fully saturated rings. The van der Waals surface area contributed by atoms with Gasteiger partial charge in [-0.15, -0.1) is 11.8 Å². The predicted octanol–water partition coefficient (Wildman–Crippen LogP) is 2.52. The van der Waals surface area contributed by atoms with Gasteiger partial charge >= 0.3 is 19.4 Å². The zero-order valence-corrected chi connectivity index (χ0v) is 21.7. The zero-order chi connectivity index (χ0) is 26.5. The van der Waals surface area contributed by atoms with E-state index >= 15 is 0 Å². The molecule has 1 saturated heterocycles. The number of esters is 1. The van der Waals surface area contributed by atoms with Gasteiger partial charge in [0.2, 0.25) is 0 Å². The number of anilines is 1. The third-order valence-corrected chi connectivity index (χ3v) is 8.40. The number of thioether (sulfide) groups is 1. The van der Waals surface area contributed by atoms with Crippen LogP contribution in [-0.4, -0.2) is 57.9 Å². The lowest BCUT2D eigenvalue weighted by molar-refractivity contribution is -0.143. The Labute approximate surface area is 212 Å². The van der Waals surface area contributed by atoms with Crippen molar-refractivity contribution in [3.05, 3.63) is 53.1 Å². The molecule has 3 rings (SSSR count). The van der Waals surface area contributed by atoms with Crippen LogP contribution in [0, 0.1) is 5.92 Å². The van der Waals surface area contributed by atoms with Crippen molar-refractivity contribution in [2.45, 2.75) is 49.2 Å². The Morgan fingerprint density at radius 1 is 1.33 bits per heavy atom. The van der Waals surface area contributed by atoms with E-state index in [-0.39, 0.29) is 23.9 Å². The second kappa shape index (κ2) is 12.2. The zero-order valence-electron chi connectivity index (χ0n) is 20.0. The fraction of sp³-hybridized carbons (Fsp3) is 0.500. The van der Waals surface area contributed by atoms with Gasteiger partial charge in [-0.25, -0.2) is 13.8 Å². The second-order valence-electron chi connectivity index (χ2n) is 8.57. The minimum absolute atomic E-state index is 0.0123. The molecule has 1 aliphatic heterocycles. The topological polar surface area (TPSA) is 155 Å². The van der Waals surface area contributed by atoms with Crippen molar-refractivity contribution in [3.8, 4) is 5.75 Å². The lowest BCUT2D eigenvalue weighted by atomic mass is 10.1. The van der Waals surface area contributed by atoms with Gasteiger partial charge in [0.15, 0.2) is 6.17 Å². The lowest BCUT2D eigenvalue weighted by Crippen LogP contribution is -2.39. The summed E-state index contributed by atoms with van der Waals surface area (Å²) in [5.41, 5.74) is 4.73. The molecule has 0 bridgehead atoms. The largest absolute Gasteiger partial charge is 0.468 e. The highest BCUT2D eigenvalue weighted by Crippen LogP contribution is 2.49. The van der Waals surface area contributed by atoms with Crippen LogP contribution in [0.15, 0.2) is 47.4 Å². The van der Waals surface area contributed by atoms with E-state index in [9.17, 15) is 23.7 Å². The summed E-state index contributed by atoms with van der Waals surface area (Å²) in [6, 6.07) is 8.52. The van der Waals surface area contributed by atoms with Crippen LogP contribution in [0.25, 0.3) is 0 Å². The van der Waals surface area contributed by atoms with Gasteiger partial charge < -0.3 is 20.1 Å². The molecule has 6 atom stereocenters. The number of nitrogen functional groups attached to an aromatic ring is 1. The van der Waals surface area contributed by atoms with E-state index in [0.29, 0.717) is 0 Å². The number of aliphatic hydroxyl groups excluding tert-OH is 1. The van der Waals surface area contributed by atoms with Crippen molar-refractivity contribution in [2.24, 2.45) is 5.92 Å². The molecule has 0 saturated carbocycles. The summed E-state index contributed by atoms with van der Waals surface area (Å²) in [6.07, 6.45) is -1.80. The van der Waals surface area contributed by atoms with Crippen molar-refractivity contribution in [1.82, 2.24) is 14.6 Å². The minimum atomic E-state index is -4.22. The molecule has 2 unspecified atom stereocenters. The number of alkyl halides is 1. The lowest BCUT2D eigenvalue weighted by Gasteiger charge is -2.26. The van der Waals surface area contributed by atoms with Gasteiger partial charge in [0.05, 0.1) is 19.0 Å². The normalized spacial score (nSPS) is 24.3. The number of ether oxygens (including phenoxy) is 1. The van der Waals surface area contributed by atoms with Crippen LogP contribution in [0.2, 0.25) is 0 Å². The molecule has 0 radical (unpaired) electrons. The number of hydrogen-bond acceptors (Lipinski definition) is 10. The Balaban J connectivity index is 1.80. The molecular formula is C22H30FN4O7PS. The highest BCUT2D eigenvalue weighted by Gasteiger charge is 2.46. The van der Waals surface area contributed by atoms with Crippen molar-refractivity contribution in [1.29, 1.82) is 0 Å². The van der Waals surface area contributed by atoms with Crippen molar-refractivity contribution >= 4 is 31.3 Å². The van der Waals surface area contributed by atoms with Gasteiger partial charge in [0, 0.05) is 6.20 Å². The van der Waals surface area contributed by atoms with Gasteiger partial charge in [0.25, 0.3) is 0 Å². The first kappa shape index (κ1) is 28.1. The van der Waals surface area contributed by atoms with Crippen LogP contribution in [0.3, 0.4) is 0 Å². The molecule has 198 valence electrons. The van der Waals surface area contributed by atoms with E-state index in [1.807, 2.05) is 13.8 Å². The highest BCUT2D eigenvalue weighted by atomic mass is 32.2. The van der Waals surface area contributed by atoms with E-state index in [0.717, 1.165) is 16.3 Å². The molecule has 4 N–H and O–H groups in total. The first-order valence-electron chi connectivity index (χ1n) is 11.2. The number of nitrogens with zero attached hydrogens (tertiary/aromatic N) is 2. The molecule has 0 aliphatic carbocycles. The number of halogens is 1. The Morgan fingerprint density at radius 2 is 2.03 bits per heavy atom. The summed E-state index contributed by atoms with van der Waals surface area (Å²) in [5.74, 6) is -0.416. The van der Waals surface area contributed by atoms with E-state index in [1.54, 1.807) is 30.3 Å². The van der Waals surface area contributed by atoms with Crippen molar-refractivity contribution in [2.75, 3.05) is 19.5 Å². The maximum absolute atomic E-state index is 14.9. The number of carbonyl (C=O) groups excluding carboxylic acids is 1. The van der Waals surface area contributed by atoms with Gasteiger partial charge in [-0.3, -0.25) is 13.9 Å². The molecule has 0 spiro atoms. The summed E-state index contributed by atoms with van der Waals surface area (Å²) in [6.45, 7) is 3.34. The molecule has 1 aliphatic rings. The summed E-state index contributed by atoms with van der Waals surface area (Å²) < 4.78 is 45.8. The first-order chi connectivity index (χ1) is 17.0. The summed E-state index contributed by atoms with van der Waals surface area (Å²) in [5, 5.41) is 11.1. The maximum atomic E-state index is 14.9. The molecule has 1 aromatic carbocycles. The molecule has 0 amide bonds. The van der Waals surface area contributed by atoms with Gasteiger partial charge in [-0.05, 0) is 30.5 Å². The average Bonchev–Trinajstić information content (AvgIpc) is 3.11. The Kier molecular flexibility index (Phi) is 9.53. The Morgan fingerprint density at radius 3 is 2.64 bits per heavy atom. The number of nitrogens with one attached hydrogen (secondary N) is 1. The van der Waals surface area contributed by atoms with Crippen LogP contribution in [0.5, 0.6) is 5.75 Å². The fourth-order valence-electron chi connectivity index (χ4n) is 3.57. The Bertz CT molecular complexity index is 1140. The van der Waals surface area contributed by atoms with E-state index in [1.165, 1.54) is 19.4 Å². The average molecular weight is 545 g/mol. The van der Waals surface area contributed by atoms with E-state index in [2.05, 4.69) is 10.1 Å². The highest BCUT2D eigenvalue weighted by molar-refractivity contribution is 8.00. The van der Waals surface area contributed by atoms with E-state index < -0.39 is 55.0 Å².